The van der Waals surface area contributed by atoms with Crippen LogP contribution in [0.3, 0.4) is 0 Å². The van der Waals surface area contributed by atoms with E-state index in [1.54, 1.807) is 6.92 Å². The predicted octanol–water partition coefficient (Wildman–Crippen LogP) is 4.40. The zero-order valence-electron chi connectivity index (χ0n) is 13.8. The molecule has 0 fully saturated rings. The first-order valence-electron chi connectivity index (χ1n) is 7.34. The summed E-state index contributed by atoms with van der Waals surface area (Å²) in [5, 5.41) is 0.157. The Morgan fingerprint density at radius 1 is 1.33 bits per heavy atom. The van der Waals surface area contributed by atoms with Gasteiger partial charge in [-0.3, -0.25) is 9.36 Å². The molecule has 24 heavy (non-hydrogen) atoms. The molecule has 0 aliphatic carbocycles. The minimum Gasteiger partial charge on any atom is -0.492 e. The van der Waals surface area contributed by atoms with E-state index in [-0.39, 0.29) is 18.1 Å². The average Bonchev–Trinajstić information content (AvgIpc) is 2.57. The second-order valence-corrected chi connectivity index (χ2v) is 7.58. The van der Waals surface area contributed by atoms with Crippen molar-refractivity contribution in [2.75, 3.05) is 20.8 Å². The molecule has 0 spiro atoms. The van der Waals surface area contributed by atoms with Crippen LogP contribution < -0.4 is 4.74 Å². The fourth-order valence-corrected chi connectivity index (χ4v) is 3.42. The summed E-state index contributed by atoms with van der Waals surface area (Å²) in [5.41, 5.74) is 0. The molecule has 1 rings (SSSR count). The van der Waals surface area contributed by atoms with E-state index in [0.717, 1.165) is 6.07 Å². The van der Waals surface area contributed by atoms with Gasteiger partial charge >= 0.3 is 13.6 Å². The van der Waals surface area contributed by atoms with Gasteiger partial charge in [-0.25, -0.2) is 4.39 Å². The molecule has 0 aliphatic heterocycles. The highest BCUT2D eigenvalue weighted by Crippen LogP contribution is 2.53. The number of hydrogen-bond acceptors (Lipinski definition) is 6. The maximum absolute atomic E-state index is 12.9. The molecule has 1 unspecified atom stereocenters. The molecule has 0 bridgehead atoms. The van der Waals surface area contributed by atoms with E-state index in [1.807, 2.05) is 0 Å². The zero-order valence-corrected chi connectivity index (χ0v) is 15.4. The normalized spacial score (nSPS) is 12.7. The van der Waals surface area contributed by atoms with Crippen LogP contribution in [0.1, 0.15) is 26.2 Å². The minimum absolute atomic E-state index is 0.0583. The number of esters is 1. The van der Waals surface area contributed by atoms with Crippen molar-refractivity contribution in [3.05, 3.63) is 29.0 Å². The average molecular weight is 383 g/mol. The lowest BCUT2D eigenvalue weighted by Gasteiger charge is -2.23. The molecule has 0 aromatic heterocycles. The highest BCUT2D eigenvalue weighted by molar-refractivity contribution is 7.54. The summed E-state index contributed by atoms with van der Waals surface area (Å²) in [4.78, 5) is 11.8. The lowest BCUT2D eigenvalue weighted by atomic mass is 10.3. The summed E-state index contributed by atoms with van der Waals surface area (Å²) in [5.74, 6) is -1.61. The van der Waals surface area contributed by atoms with E-state index in [4.69, 9.17) is 30.1 Å². The van der Waals surface area contributed by atoms with E-state index in [0.29, 0.717) is 18.6 Å². The quantitative estimate of drug-likeness (QED) is 0.339. The Morgan fingerprint density at radius 2 is 2.00 bits per heavy atom. The zero-order chi connectivity index (χ0) is 18.2. The predicted molar refractivity (Wildman–Crippen MR) is 87.9 cm³/mol. The molecular weight excluding hydrogens is 362 g/mol. The van der Waals surface area contributed by atoms with Crippen LogP contribution in [-0.2, 0) is 23.1 Å². The SMILES string of the molecule is CCC(OC(=O)CCCOc1ccc(F)cc1Cl)P(=O)(OC)OC. The van der Waals surface area contributed by atoms with Crippen molar-refractivity contribution in [2.24, 2.45) is 0 Å². The van der Waals surface area contributed by atoms with Crippen molar-refractivity contribution in [3.8, 4) is 5.75 Å². The van der Waals surface area contributed by atoms with Crippen molar-refractivity contribution >= 4 is 25.2 Å². The third kappa shape index (κ3) is 6.06. The van der Waals surface area contributed by atoms with Crippen LogP contribution in [0.5, 0.6) is 5.75 Å². The number of rotatable bonds is 10. The molecule has 0 saturated heterocycles. The van der Waals surface area contributed by atoms with Gasteiger partial charge in [0.2, 0.25) is 5.85 Å². The maximum atomic E-state index is 12.9. The number of carbonyl (C=O) groups is 1. The van der Waals surface area contributed by atoms with Gasteiger partial charge in [-0.2, -0.15) is 0 Å². The second kappa shape index (κ2) is 9.99. The Kier molecular flexibility index (Phi) is 8.70. The molecule has 0 amide bonds. The van der Waals surface area contributed by atoms with Crippen molar-refractivity contribution in [3.63, 3.8) is 0 Å². The van der Waals surface area contributed by atoms with Crippen molar-refractivity contribution < 1.29 is 32.3 Å². The van der Waals surface area contributed by atoms with Crippen LogP contribution in [0, 0.1) is 5.82 Å². The van der Waals surface area contributed by atoms with Gasteiger partial charge in [0.05, 0.1) is 11.6 Å². The van der Waals surface area contributed by atoms with Crippen molar-refractivity contribution in [2.45, 2.75) is 32.0 Å². The van der Waals surface area contributed by atoms with Gasteiger partial charge in [0, 0.05) is 20.6 Å². The van der Waals surface area contributed by atoms with Gasteiger partial charge in [0.1, 0.15) is 11.6 Å². The third-order valence-corrected chi connectivity index (χ3v) is 5.64. The molecule has 0 saturated carbocycles. The largest absolute Gasteiger partial charge is 0.492 e. The summed E-state index contributed by atoms with van der Waals surface area (Å²) < 4.78 is 45.3. The summed E-state index contributed by atoms with van der Waals surface area (Å²) in [7, 11) is -0.996. The Labute approximate surface area is 145 Å². The van der Waals surface area contributed by atoms with E-state index < -0.39 is 25.2 Å². The molecule has 6 nitrogen and oxygen atoms in total. The molecule has 136 valence electrons. The van der Waals surface area contributed by atoms with Crippen molar-refractivity contribution in [1.82, 2.24) is 0 Å². The van der Waals surface area contributed by atoms with Crippen LogP contribution in [0.25, 0.3) is 0 Å². The smallest absolute Gasteiger partial charge is 0.370 e. The van der Waals surface area contributed by atoms with Crippen LogP contribution in [0.15, 0.2) is 18.2 Å². The Hall–Kier alpha value is -1.14. The number of ether oxygens (including phenoxy) is 2. The standard InChI is InChI=1S/C15H21ClFO6P/c1-4-15(24(19,20-2)21-3)23-14(18)6-5-9-22-13-8-7-11(17)10-12(13)16/h7-8,10,15H,4-6,9H2,1-3H3. The van der Waals surface area contributed by atoms with Crippen LogP contribution in [0.4, 0.5) is 4.39 Å². The van der Waals surface area contributed by atoms with E-state index >= 15 is 0 Å². The summed E-state index contributed by atoms with van der Waals surface area (Å²) >= 11 is 5.83. The Bertz CT molecular complexity index is 589. The lowest BCUT2D eigenvalue weighted by molar-refractivity contribution is -0.146. The topological polar surface area (TPSA) is 71.1 Å². The maximum Gasteiger partial charge on any atom is 0.370 e. The summed E-state index contributed by atoms with van der Waals surface area (Å²) in [6.45, 7) is 1.91. The van der Waals surface area contributed by atoms with Gasteiger partial charge < -0.3 is 18.5 Å². The van der Waals surface area contributed by atoms with Crippen LogP contribution in [-0.4, -0.2) is 32.6 Å². The monoisotopic (exact) mass is 382 g/mol. The summed E-state index contributed by atoms with van der Waals surface area (Å²) in [6, 6.07) is 3.79. The number of benzene rings is 1. The molecule has 1 aromatic rings. The molecule has 0 N–H and O–H groups in total. The first-order chi connectivity index (χ1) is 11.4. The van der Waals surface area contributed by atoms with Gasteiger partial charge in [-0.05, 0) is 31.0 Å². The number of carbonyl (C=O) groups excluding carboxylic acids is 1. The molecule has 1 atom stereocenters. The minimum atomic E-state index is -3.47. The fraction of sp³-hybridized carbons (Fsp3) is 0.533. The van der Waals surface area contributed by atoms with E-state index in [2.05, 4.69) is 0 Å². The van der Waals surface area contributed by atoms with Gasteiger partial charge in [0.25, 0.3) is 0 Å². The first-order valence-corrected chi connectivity index (χ1v) is 9.33. The summed E-state index contributed by atoms with van der Waals surface area (Å²) in [6.07, 6.45) is 0.711. The fourth-order valence-electron chi connectivity index (χ4n) is 1.88. The molecular formula is C15H21ClFO6P. The van der Waals surface area contributed by atoms with Gasteiger partial charge in [-0.1, -0.05) is 18.5 Å². The highest BCUT2D eigenvalue weighted by Gasteiger charge is 2.35. The molecule has 9 heteroatoms. The van der Waals surface area contributed by atoms with E-state index in [9.17, 15) is 13.8 Å². The van der Waals surface area contributed by atoms with Crippen molar-refractivity contribution in [1.29, 1.82) is 0 Å². The second-order valence-electron chi connectivity index (χ2n) is 4.78. The van der Waals surface area contributed by atoms with Gasteiger partial charge in [0.15, 0.2) is 0 Å². The highest BCUT2D eigenvalue weighted by atomic mass is 35.5. The van der Waals surface area contributed by atoms with E-state index in [1.165, 1.54) is 26.4 Å². The first kappa shape index (κ1) is 20.9. The van der Waals surface area contributed by atoms with Gasteiger partial charge in [-0.15, -0.1) is 0 Å². The molecule has 0 heterocycles. The van der Waals surface area contributed by atoms with Crippen LogP contribution >= 0.6 is 19.2 Å². The number of hydrogen-bond donors (Lipinski definition) is 0. The Morgan fingerprint density at radius 3 is 2.54 bits per heavy atom. The Balaban J connectivity index is 2.42. The van der Waals surface area contributed by atoms with Crippen LogP contribution in [0.2, 0.25) is 5.02 Å². The lowest BCUT2D eigenvalue weighted by Crippen LogP contribution is -2.19. The number of halogens is 2. The third-order valence-electron chi connectivity index (χ3n) is 3.16. The molecule has 0 radical (unpaired) electrons. The molecule has 0 aliphatic rings. The molecule has 1 aromatic carbocycles.